The molecule has 0 spiro atoms. The Morgan fingerprint density at radius 3 is 2.59 bits per heavy atom. The van der Waals surface area contributed by atoms with E-state index in [4.69, 9.17) is 10.7 Å². The van der Waals surface area contributed by atoms with Crippen molar-refractivity contribution < 1.29 is 4.79 Å². The molecule has 1 fully saturated rings. The number of benzene rings is 1. The van der Waals surface area contributed by atoms with Crippen LogP contribution in [-0.2, 0) is 4.79 Å². The van der Waals surface area contributed by atoms with Crippen molar-refractivity contribution in [2.24, 2.45) is 16.6 Å². The summed E-state index contributed by atoms with van der Waals surface area (Å²) in [6, 6.07) is 10.6. The zero-order valence-electron chi connectivity index (χ0n) is 16.8. The molecule has 27 heavy (non-hydrogen) atoms. The predicted octanol–water partition coefficient (Wildman–Crippen LogP) is 2.28. The van der Waals surface area contributed by atoms with Gasteiger partial charge in [0.15, 0.2) is 5.96 Å². The summed E-state index contributed by atoms with van der Waals surface area (Å²) in [6.45, 7) is 8.94. The van der Waals surface area contributed by atoms with Crippen LogP contribution in [0, 0.1) is 5.92 Å². The van der Waals surface area contributed by atoms with Crippen molar-refractivity contribution in [3.63, 3.8) is 0 Å². The topological polar surface area (TPSA) is 82.8 Å². The fourth-order valence-electron chi connectivity index (χ4n) is 3.43. The summed E-state index contributed by atoms with van der Waals surface area (Å²) in [5.41, 5.74) is 6.64. The number of amides is 1. The Bertz CT molecular complexity index is 581. The smallest absolute Gasteiger partial charge is 0.220 e. The van der Waals surface area contributed by atoms with E-state index in [2.05, 4.69) is 53.6 Å². The molecule has 1 heterocycles. The summed E-state index contributed by atoms with van der Waals surface area (Å²) >= 11 is 0. The third-order valence-corrected chi connectivity index (χ3v) is 5.14. The molecule has 0 aromatic heterocycles. The van der Waals surface area contributed by atoms with E-state index < -0.39 is 0 Å². The van der Waals surface area contributed by atoms with Crippen molar-refractivity contribution in [2.75, 3.05) is 32.7 Å². The van der Waals surface area contributed by atoms with E-state index in [1.807, 2.05) is 6.07 Å². The summed E-state index contributed by atoms with van der Waals surface area (Å²) in [6.07, 6.45) is 3.99. The Labute approximate surface area is 163 Å². The first-order valence-corrected chi connectivity index (χ1v) is 10.2. The molecule has 1 aromatic rings. The minimum atomic E-state index is -0.142. The van der Waals surface area contributed by atoms with Crippen LogP contribution in [0.4, 0.5) is 0 Å². The van der Waals surface area contributed by atoms with Gasteiger partial charge in [-0.25, -0.2) is 0 Å². The van der Waals surface area contributed by atoms with Crippen LogP contribution >= 0.6 is 0 Å². The standard InChI is InChI=1S/C21H35N5O/c1-3-23-21(25-17(2)18-9-5-4-6-10-18)24-13-7-8-14-26-15-11-19(12-16-26)20(22)27/h4-6,9-10,17,19H,3,7-8,11-16H2,1-2H3,(H2,22,27)(H2,23,24,25). The Kier molecular flexibility index (Phi) is 9.11. The molecule has 1 aromatic carbocycles. The third kappa shape index (κ3) is 7.59. The zero-order chi connectivity index (χ0) is 19.5. The van der Waals surface area contributed by atoms with Crippen LogP contribution < -0.4 is 16.4 Å². The maximum atomic E-state index is 11.2. The molecule has 1 aliphatic rings. The van der Waals surface area contributed by atoms with Gasteiger partial charge >= 0.3 is 0 Å². The molecule has 0 bridgehead atoms. The van der Waals surface area contributed by atoms with E-state index in [0.717, 1.165) is 64.4 Å². The number of guanidine groups is 1. The number of hydrogen-bond acceptors (Lipinski definition) is 3. The molecule has 2 rings (SSSR count). The quantitative estimate of drug-likeness (QED) is 0.352. The Morgan fingerprint density at radius 2 is 1.96 bits per heavy atom. The van der Waals surface area contributed by atoms with Crippen LogP contribution in [0.1, 0.15) is 51.1 Å². The van der Waals surface area contributed by atoms with Gasteiger partial charge in [-0.3, -0.25) is 9.79 Å². The van der Waals surface area contributed by atoms with E-state index in [9.17, 15) is 4.79 Å². The number of carbonyl (C=O) groups excluding carboxylic acids is 1. The van der Waals surface area contributed by atoms with Gasteiger partial charge in [0.25, 0.3) is 0 Å². The molecule has 1 saturated heterocycles. The zero-order valence-corrected chi connectivity index (χ0v) is 16.8. The number of piperidine rings is 1. The van der Waals surface area contributed by atoms with Crippen LogP contribution in [-0.4, -0.2) is 49.5 Å². The number of likely N-dealkylation sites (tertiary alicyclic amines) is 1. The van der Waals surface area contributed by atoms with Crippen LogP contribution in [0.3, 0.4) is 0 Å². The van der Waals surface area contributed by atoms with Gasteiger partial charge in [-0.15, -0.1) is 0 Å². The average Bonchev–Trinajstić information content (AvgIpc) is 2.68. The molecule has 6 heteroatoms. The highest BCUT2D eigenvalue weighted by atomic mass is 16.1. The van der Waals surface area contributed by atoms with Crippen LogP contribution in [0.5, 0.6) is 0 Å². The van der Waals surface area contributed by atoms with Crippen molar-refractivity contribution in [3.05, 3.63) is 35.9 Å². The van der Waals surface area contributed by atoms with Crippen molar-refractivity contribution in [2.45, 2.75) is 45.6 Å². The maximum absolute atomic E-state index is 11.2. The maximum Gasteiger partial charge on any atom is 0.220 e. The summed E-state index contributed by atoms with van der Waals surface area (Å²) in [4.78, 5) is 18.4. The van der Waals surface area contributed by atoms with E-state index >= 15 is 0 Å². The first-order chi connectivity index (χ1) is 13.1. The molecular formula is C21H35N5O. The number of nitrogens with one attached hydrogen (secondary N) is 2. The van der Waals surface area contributed by atoms with Gasteiger partial charge in [-0.2, -0.15) is 0 Å². The molecule has 1 unspecified atom stereocenters. The molecule has 0 radical (unpaired) electrons. The first kappa shape index (κ1) is 21.2. The van der Waals surface area contributed by atoms with Gasteiger partial charge in [0.05, 0.1) is 6.04 Å². The van der Waals surface area contributed by atoms with Crippen molar-refractivity contribution in [1.82, 2.24) is 15.5 Å². The van der Waals surface area contributed by atoms with Gasteiger partial charge in [-0.05, 0) is 64.7 Å². The van der Waals surface area contributed by atoms with Crippen LogP contribution in [0.25, 0.3) is 0 Å². The fraction of sp³-hybridized carbons (Fsp3) is 0.619. The number of carbonyl (C=O) groups is 1. The van der Waals surface area contributed by atoms with Gasteiger partial charge in [0, 0.05) is 19.0 Å². The predicted molar refractivity (Wildman–Crippen MR) is 112 cm³/mol. The van der Waals surface area contributed by atoms with Gasteiger partial charge in [0.2, 0.25) is 5.91 Å². The Balaban J connectivity index is 1.68. The molecular weight excluding hydrogens is 338 g/mol. The lowest BCUT2D eigenvalue weighted by atomic mass is 9.96. The average molecular weight is 374 g/mol. The number of aliphatic imine (C=N–C) groups is 1. The second-order valence-electron chi connectivity index (χ2n) is 7.26. The van der Waals surface area contributed by atoms with Crippen molar-refractivity contribution in [1.29, 1.82) is 0 Å². The molecule has 0 aliphatic carbocycles. The lowest BCUT2D eigenvalue weighted by Crippen LogP contribution is -2.39. The van der Waals surface area contributed by atoms with Gasteiger partial charge in [0.1, 0.15) is 0 Å². The van der Waals surface area contributed by atoms with E-state index in [1.54, 1.807) is 0 Å². The molecule has 1 aliphatic heterocycles. The summed E-state index contributed by atoms with van der Waals surface area (Å²) < 4.78 is 0. The number of hydrogen-bond donors (Lipinski definition) is 3. The second kappa shape index (κ2) is 11.6. The van der Waals surface area contributed by atoms with Crippen molar-refractivity contribution >= 4 is 11.9 Å². The monoisotopic (exact) mass is 373 g/mol. The summed E-state index contributed by atoms with van der Waals surface area (Å²) in [7, 11) is 0. The molecule has 1 amide bonds. The fourth-order valence-corrected chi connectivity index (χ4v) is 3.43. The Morgan fingerprint density at radius 1 is 1.26 bits per heavy atom. The van der Waals surface area contributed by atoms with E-state index in [0.29, 0.717) is 0 Å². The second-order valence-corrected chi connectivity index (χ2v) is 7.26. The number of unbranched alkanes of at least 4 members (excludes halogenated alkanes) is 1. The highest BCUT2D eigenvalue weighted by Crippen LogP contribution is 2.17. The lowest BCUT2D eigenvalue weighted by Gasteiger charge is -2.30. The molecule has 150 valence electrons. The molecule has 1 atom stereocenters. The highest BCUT2D eigenvalue weighted by Gasteiger charge is 2.22. The lowest BCUT2D eigenvalue weighted by molar-refractivity contribution is -0.123. The summed E-state index contributed by atoms with van der Waals surface area (Å²) in [5.74, 6) is 0.805. The largest absolute Gasteiger partial charge is 0.369 e. The molecule has 6 nitrogen and oxygen atoms in total. The van der Waals surface area contributed by atoms with Gasteiger partial charge < -0.3 is 21.3 Å². The third-order valence-electron chi connectivity index (χ3n) is 5.14. The van der Waals surface area contributed by atoms with E-state index in [-0.39, 0.29) is 17.9 Å². The van der Waals surface area contributed by atoms with E-state index in [1.165, 1.54) is 5.56 Å². The Hall–Kier alpha value is -2.08. The summed E-state index contributed by atoms with van der Waals surface area (Å²) in [5, 5.41) is 6.80. The number of nitrogens with zero attached hydrogens (tertiary/aromatic N) is 2. The van der Waals surface area contributed by atoms with Crippen molar-refractivity contribution in [3.8, 4) is 0 Å². The number of nitrogens with two attached hydrogens (primary N) is 1. The normalized spacial score (nSPS) is 17.5. The SMILES string of the molecule is CCNC(=NCCCCN1CCC(C(N)=O)CC1)NC(C)c1ccccc1. The molecule has 0 saturated carbocycles. The highest BCUT2D eigenvalue weighted by molar-refractivity contribution is 5.80. The molecule has 4 N–H and O–H groups in total. The van der Waals surface area contributed by atoms with Crippen LogP contribution in [0.15, 0.2) is 35.3 Å². The minimum absolute atomic E-state index is 0.0752. The van der Waals surface area contributed by atoms with Gasteiger partial charge in [-0.1, -0.05) is 30.3 Å². The number of primary amides is 1. The number of rotatable bonds is 9. The minimum Gasteiger partial charge on any atom is -0.369 e. The van der Waals surface area contributed by atoms with Crippen LogP contribution in [0.2, 0.25) is 0 Å². The first-order valence-electron chi connectivity index (χ1n) is 10.2.